The normalized spacial score (nSPS) is 29.1. The quantitative estimate of drug-likeness (QED) is 0.326. The van der Waals surface area contributed by atoms with Crippen LogP contribution in [0.5, 0.6) is 0 Å². The number of hydrogen-bond acceptors (Lipinski definition) is 5. The van der Waals surface area contributed by atoms with Crippen LogP contribution in [0.25, 0.3) is 0 Å². The fraction of sp³-hybridized carbons (Fsp3) is 0.500. The second-order valence-corrected chi connectivity index (χ2v) is 7.81. The minimum atomic E-state index is -1.05. The first-order chi connectivity index (χ1) is 13.3. The third kappa shape index (κ3) is 4.22. The summed E-state index contributed by atoms with van der Waals surface area (Å²) in [5.74, 6) is -1.05. The van der Waals surface area contributed by atoms with E-state index in [4.69, 9.17) is 23.8 Å². The molecule has 28 heavy (non-hydrogen) atoms. The maximum atomic E-state index is 12.8. The molecule has 0 bridgehead atoms. The van der Waals surface area contributed by atoms with Gasteiger partial charge < -0.3 is 31.1 Å². The van der Waals surface area contributed by atoms with Crippen LogP contribution in [0.2, 0.25) is 5.02 Å². The van der Waals surface area contributed by atoms with E-state index in [1.54, 1.807) is 29.2 Å². The van der Waals surface area contributed by atoms with Crippen LogP contribution in [-0.4, -0.2) is 64.5 Å². The van der Waals surface area contributed by atoms with Crippen molar-refractivity contribution in [2.24, 2.45) is 5.92 Å². The number of carbonyl (C=O) groups is 2. The summed E-state index contributed by atoms with van der Waals surface area (Å²) in [6.07, 6.45) is -2.00. The van der Waals surface area contributed by atoms with Crippen molar-refractivity contribution in [2.45, 2.75) is 37.6 Å². The molecule has 0 radical (unpaired) electrons. The lowest BCUT2D eigenvalue weighted by Gasteiger charge is -2.41. The predicted octanol–water partition coefficient (Wildman–Crippen LogP) is -0.234. The fourth-order valence-corrected chi connectivity index (χ4v) is 4.29. The van der Waals surface area contributed by atoms with E-state index in [1.165, 1.54) is 6.92 Å². The Balaban J connectivity index is 1.82. The SMILES string of the molecule is CC(=O)NCCNC(=O)[C@H]1C[C@@H](O)[C@H](O)[C@H]2NC(=S)N(c3ccc(Cl)cc3)[C@@H]21. The van der Waals surface area contributed by atoms with Crippen molar-refractivity contribution in [3.8, 4) is 0 Å². The zero-order chi connectivity index (χ0) is 20.4. The van der Waals surface area contributed by atoms with Crippen LogP contribution in [-0.2, 0) is 9.59 Å². The number of carbonyl (C=O) groups excluding carboxylic acids is 2. The van der Waals surface area contributed by atoms with E-state index in [1.807, 2.05) is 0 Å². The van der Waals surface area contributed by atoms with Crippen molar-refractivity contribution >= 4 is 46.4 Å². The molecule has 152 valence electrons. The molecule has 10 heteroatoms. The van der Waals surface area contributed by atoms with Crippen molar-refractivity contribution in [3.63, 3.8) is 0 Å². The van der Waals surface area contributed by atoms with Crippen molar-refractivity contribution in [2.75, 3.05) is 18.0 Å². The van der Waals surface area contributed by atoms with E-state index in [0.29, 0.717) is 16.7 Å². The smallest absolute Gasteiger partial charge is 0.225 e. The van der Waals surface area contributed by atoms with Crippen molar-refractivity contribution in [3.05, 3.63) is 29.3 Å². The highest BCUT2D eigenvalue weighted by Gasteiger charge is 2.53. The second kappa shape index (κ2) is 8.60. The molecule has 1 aliphatic carbocycles. The van der Waals surface area contributed by atoms with Gasteiger partial charge in [0.1, 0.15) is 6.10 Å². The number of anilines is 1. The number of nitrogens with zero attached hydrogens (tertiary/aromatic N) is 1. The highest BCUT2D eigenvalue weighted by atomic mass is 35.5. The first-order valence-corrected chi connectivity index (χ1v) is 9.82. The van der Waals surface area contributed by atoms with Crippen molar-refractivity contribution in [1.82, 2.24) is 16.0 Å². The van der Waals surface area contributed by atoms with Gasteiger partial charge in [-0.1, -0.05) is 11.6 Å². The Labute approximate surface area is 173 Å². The first kappa shape index (κ1) is 20.8. The summed E-state index contributed by atoms with van der Waals surface area (Å²) in [5, 5.41) is 30.1. The Hall–Kier alpha value is -1.94. The number of halogens is 1. The number of aliphatic hydroxyl groups excluding tert-OH is 2. The lowest BCUT2D eigenvalue weighted by molar-refractivity contribution is -0.131. The number of hydrogen-bond donors (Lipinski definition) is 5. The molecule has 1 aromatic carbocycles. The number of amides is 2. The molecule has 2 amide bonds. The van der Waals surface area contributed by atoms with Gasteiger partial charge >= 0.3 is 0 Å². The number of aliphatic hydroxyl groups is 2. The molecule has 0 unspecified atom stereocenters. The van der Waals surface area contributed by atoms with Crippen LogP contribution in [0.3, 0.4) is 0 Å². The molecular weight excluding hydrogens is 404 g/mol. The van der Waals surface area contributed by atoms with E-state index < -0.39 is 30.2 Å². The van der Waals surface area contributed by atoms with Gasteiger partial charge in [0.2, 0.25) is 11.8 Å². The molecule has 2 aliphatic rings. The first-order valence-electron chi connectivity index (χ1n) is 9.03. The zero-order valence-corrected chi connectivity index (χ0v) is 16.8. The van der Waals surface area contributed by atoms with Gasteiger partial charge in [0, 0.05) is 30.7 Å². The summed E-state index contributed by atoms with van der Waals surface area (Å²) in [7, 11) is 0. The molecule has 0 aromatic heterocycles. The largest absolute Gasteiger partial charge is 0.390 e. The van der Waals surface area contributed by atoms with Crippen LogP contribution in [0.15, 0.2) is 24.3 Å². The highest BCUT2D eigenvalue weighted by molar-refractivity contribution is 7.80. The summed E-state index contributed by atoms with van der Waals surface area (Å²) >= 11 is 11.4. The minimum absolute atomic E-state index is 0.0999. The third-order valence-corrected chi connectivity index (χ3v) is 5.65. The summed E-state index contributed by atoms with van der Waals surface area (Å²) in [6.45, 7) is 1.98. The van der Waals surface area contributed by atoms with E-state index >= 15 is 0 Å². The Kier molecular flexibility index (Phi) is 6.39. The molecule has 1 heterocycles. The van der Waals surface area contributed by atoms with E-state index in [-0.39, 0.29) is 24.8 Å². The van der Waals surface area contributed by atoms with Crippen molar-refractivity contribution < 1.29 is 19.8 Å². The van der Waals surface area contributed by atoms with Gasteiger partial charge in [0.15, 0.2) is 5.11 Å². The summed E-state index contributed by atoms with van der Waals surface area (Å²) < 4.78 is 0. The molecule has 5 atom stereocenters. The molecule has 1 saturated heterocycles. The Morgan fingerprint density at radius 1 is 1.25 bits per heavy atom. The van der Waals surface area contributed by atoms with Gasteiger partial charge in [-0.3, -0.25) is 9.59 Å². The zero-order valence-electron chi connectivity index (χ0n) is 15.3. The van der Waals surface area contributed by atoms with E-state index in [2.05, 4.69) is 16.0 Å². The molecule has 2 fully saturated rings. The lowest BCUT2D eigenvalue weighted by atomic mass is 9.77. The molecular formula is C18H23ClN4O4S. The standard InChI is InChI=1S/C18H23ClN4O4S/c1-9(24)20-6-7-21-17(27)12-8-13(25)16(26)14-15(12)23(18(28)22-14)11-4-2-10(19)3-5-11/h2-5,12-16,25-26H,6-8H2,1H3,(H,20,24)(H,21,27)(H,22,28)/t12-,13+,14-,15+,16-/m0/s1. The average molecular weight is 427 g/mol. The van der Waals surface area contributed by atoms with E-state index in [9.17, 15) is 19.8 Å². The molecule has 8 nitrogen and oxygen atoms in total. The van der Waals surface area contributed by atoms with Gasteiger partial charge in [0.25, 0.3) is 0 Å². The fourth-order valence-electron chi connectivity index (χ4n) is 3.80. The monoisotopic (exact) mass is 426 g/mol. The Morgan fingerprint density at radius 3 is 2.54 bits per heavy atom. The summed E-state index contributed by atoms with van der Waals surface area (Å²) in [6, 6.07) is 5.99. The lowest BCUT2D eigenvalue weighted by Crippen LogP contribution is -2.61. The summed E-state index contributed by atoms with van der Waals surface area (Å²) in [4.78, 5) is 25.6. The molecule has 1 aromatic rings. The van der Waals surface area contributed by atoms with Gasteiger partial charge in [-0.05, 0) is 42.9 Å². The number of thiocarbonyl (C=S) groups is 1. The Bertz CT molecular complexity index is 762. The Morgan fingerprint density at radius 2 is 1.89 bits per heavy atom. The van der Waals surface area contributed by atoms with E-state index in [0.717, 1.165) is 5.69 Å². The second-order valence-electron chi connectivity index (χ2n) is 6.99. The molecule has 0 spiro atoms. The number of benzene rings is 1. The summed E-state index contributed by atoms with van der Waals surface area (Å²) in [5.41, 5.74) is 0.744. The number of nitrogens with one attached hydrogen (secondary N) is 3. The molecule has 3 rings (SSSR count). The molecule has 1 aliphatic heterocycles. The number of rotatable bonds is 5. The molecule has 5 N–H and O–H groups in total. The van der Waals surface area contributed by atoms with Crippen LogP contribution in [0.1, 0.15) is 13.3 Å². The minimum Gasteiger partial charge on any atom is -0.390 e. The van der Waals surface area contributed by atoms with Crippen molar-refractivity contribution in [1.29, 1.82) is 0 Å². The third-order valence-electron chi connectivity index (χ3n) is 5.08. The predicted molar refractivity (Wildman–Crippen MR) is 109 cm³/mol. The number of fused-ring (bicyclic) bond motifs is 1. The van der Waals surface area contributed by atoms with Crippen LogP contribution >= 0.6 is 23.8 Å². The van der Waals surface area contributed by atoms with Gasteiger partial charge in [0.05, 0.1) is 24.1 Å². The molecule has 1 saturated carbocycles. The van der Waals surface area contributed by atoms with Gasteiger partial charge in [-0.25, -0.2) is 0 Å². The van der Waals surface area contributed by atoms with Gasteiger partial charge in [-0.15, -0.1) is 0 Å². The van der Waals surface area contributed by atoms with Crippen LogP contribution < -0.4 is 20.9 Å². The van der Waals surface area contributed by atoms with Gasteiger partial charge in [-0.2, -0.15) is 0 Å². The van der Waals surface area contributed by atoms with Crippen LogP contribution in [0.4, 0.5) is 5.69 Å². The topological polar surface area (TPSA) is 114 Å². The van der Waals surface area contributed by atoms with Crippen LogP contribution in [0, 0.1) is 5.92 Å². The average Bonchev–Trinajstić information content (AvgIpc) is 2.99. The highest BCUT2D eigenvalue weighted by Crippen LogP contribution is 2.36. The maximum Gasteiger partial charge on any atom is 0.225 e. The maximum absolute atomic E-state index is 12.8.